The number of phosphoric acid groups is 2. The molecule has 0 saturated carbocycles. The average Bonchev–Trinajstić information content (AvgIpc) is 0.980. The van der Waals surface area contributed by atoms with E-state index in [0.717, 1.165) is 11.4 Å². The molecule has 10 rings (SSSR count). The molecule has 2 saturated heterocycles. The van der Waals surface area contributed by atoms with Gasteiger partial charge in [-0.15, -0.1) is 0 Å². The number of hydrogen-bond acceptors (Lipinski definition) is 28. The van der Waals surface area contributed by atoms with Gasteiger partial charge in [0.2, 0.25) is 0 Å². The van der Waals surface area contributed by atoms with E-state index in [1.54, 1.807) is 72.4 Å². The van der Waals surface area contributed by atoms with Gasteiger partial charge in [-0.2, -0.15) is 10.2 Å². The monoisotopic (exact) mass is 1480 g/mol. The highest BCUT2D eigenvalue weighted by Crippen LogP contribution is 2.46. The van der Waals surface area contributed by atoms with Crippen molar-refractivity contribution in [3.8, 4) is 11.5 Å². The van der Waals surface area contributed by atoms with Gasteiger partial charge in [-0.3, -0.25) is 28.6 Å². The van der Waals surface area contributed by atoms with Gasteiger partial charge in [0.05, 0.1) is 113 Å². The Labute approximate surface area is 585 Å². The Morgan fingerprint density at radius 1 is 0.529 bits per heavy atom. The number of aliphatic hydroxyl groups is 9. The van der Waals surface area contributed by atoms with E-state index >= 15 is 0 Å². The number of fused-ring (bicyclic) bond motifs is 4. The first-order valence-electron chi connectivity index (χ1n) is 32.1. The van der Waals surface area contributed by atoms with Crippen molar-refractivity contribution in [2.24, 2.45) is 17.2 Å². The zero-order chi connectivity index (χ0) is 75.4. The Kier molecular flexibility index (Phi) is 30.1. The molecule has 2 spiro atoms. The molecule has 40 heteroatoms. The second kappa shape index (κ2) is 36.8. The fraction of sp³-hybridized carbons (Fsp3) is 0.548. The third-order valence-corrected chi connectivity index (χ3v) is 17.6. The fourth-order valence-electron chi connectivity index (χ4n) is 10.6. The molecule has 0 unspecified atom stereocenters. The average molecular weight is 1480 g/mol. The lowest BCUT2D eigenvalue weighted by atomic mass is 9.81. The van der Waals surface area contributed by atoms with Crippen LogP contribution >= 0.6 is 15.6 Å². The molecular weight excluding hydrogens is 1390 g/mol. The molecule has 6 aromatic rings. The van der Waals surface area contributed by atoms with Crippen molar-refractivity contribution < 1.29 is 122 Å². The number of piperidine rings is 2. The quantitative estimate of drug-likeness (QED) is 0.0388. The van der Waals surface area contributed by atoms with Crippen molar-refractivity contribution >= 4 is 61.5 Å². The number of aromatic nitrogens is 6. The number of aliphatic hydroxyl groups excluding tert-OH is 9. The van der Waals surface area contributed by atoms with Gasteiger partial charge in [0.1, 0.15) is 45.1 Å². The minimum absolute atomic E-state index is 0.300. The van der Waals surface area contributed by atoms with E-state index < -0.39 is 128 Å². The fourth-order valence-corrected chi connectivity index (χ4v) is 11.2. The number of nitrogens with zero attached hydrogens (tertiary/aromatic N) is 8. The first-order chi connectivity index (χ1) is 48.2. The van der Waals surface area contributed by atoms with Crippen molar-refractivity contribution in [1.29, 1.82) is 0 Å². The molecule has 0 radical (unpaired) electrons. The number of nitrogens with one attached hydrogen (secondary N) is 2. The van der Waals surface area contributed by atoms with Crippen LogP contribution in [0.5, 0.6) is 11.5 Å². The molecule has 2 atom stereocenters. The molecule has 0 aliphatic carbocycles. The van der Waals surface area contributed by atoms with Crippen LogP contribution in [0.3, 0.4) is 0 Å². The van der Waals surface area contributed by atoms with Gasteiger partial charge >= 0.3 is 27.8 Å². The summed E-state index contributed by atoms with van der Waals surface area (Å²) in [4.78, 5) is 100. The molecule has 8 heterocycles. The zero-order valence-electron chi connectivity index (χ0n) is 56.8. The third kappa shape index (κ3) is 23.0. The van der Waals surface area contributed by atoms with Crippen LogP contribution in [0.2, 0.25) is 0 Å². The van der Waals surface area contributed by atoms with Crippen LogP contribution in [0, 0.1) is 13.8 Å². The number of phosphoric ester groups is 2. The van der Waals surface area contributed by atoms with Crippen LogP contribution in [0.15, 0.2) is 73.1 Å². The molecule has 0 bridgehead atoms. The molecule has 4 aliphatic rings. The summed E-state index contributed by atoms with van der Waals surface area (Å²) in [6, 6.07) is 16.7. The number of rotatable bonds is 21. The Morgan fingerprint density at radius 3 is 1.12 bits per heavy atom. The van der Waals surface area contributed by atoms with Gasteiger partial charge < -0.3 is 122 Å². The van der Waals surface area contributed by atoms with Crippen molar-refractivity contribution in [3.63, 3.8) is 0 Å². The van der Waals surface area contributed by atoms with Gasteiger partial charge in [-0.1, -0.05) is 24.3 Å². The van der Waals surface area contributed by atoms with E-state index in [4.69, 9.17) is 102 Å². The number of hydrogen-bond donors (Lipinski definition) is 18. The van der Waals surface area contributed by atoms with Crippen LogP contribution in [0.1, 0.15) is 108 Å². The molecule has 566 valence electrons. The largest absolute Gasteiger partial charge is 0.485 e. The van der Waals surface area contributed by atoms with Gasteiger partial charge in [0.25, 0.3) is 11.8 Å². The Morgan fingerprint density at radius 2 is 0.843 bits per heavy atom. The summed E-state index contributed by atoms with van der Waals surface area (Å²) >= 11 is 0. The second-order valence-electron chi connectivity index (χ2n) is 24.9. The second-order valence-corrected chi connectivity index (χ2v) is 27.4. The molecule has 21 N–H and O–H groups in total. The van der Waals surface area contributed by atoms with Crippen molar-refractivity contribution in [1.82, 2.24) is 50.0 Å². The van der Waals surface area contributed by atoms with Gasteiger partial charge in [0.15, 0.2) is 13.5 Å². The number of carbonyl (C=O) groups is 4. The number of benzene rings is 2. The lowest BCUT2D eigenvalue weighted by Crippen LogP contribution is -2.53. The van der Waals surface area contributed by atoms with E-state index in [-0.39, 0.29) is 24.0 Å². The molecule has 38 nitrogen and oxygen atoms in total. The van der Waals surface area contributed by atoms with Crippen molar-refractivity contribution in [2.75, 3.05) is 98.9 Å². The van der Waals surface area contributed by atoms with Gasteiger partial charge in [-0.25, -0.2) is 28.1 Å². The van der Waals surface area contributed by atoms with Crippen molar-refractivity contribution in [2.45, 2.75) is 120 Å². The van der Waals surface area contributed by atoms with Crippen LogP contribution in [0.4, 0.5) is 9.59 Å². The molecule has 4 aromatic heterocycles. The first-order valence-corrected chi connectivity index (χ1v) is 35.2. The Balaban J connectivity index is 0.000000243. The lowest BCUT2D eigenvalue weighted by molar-refractivity contribution is -0.0251. The normalized spacial score (nSPS) is 16.9. The van der Waals surface area contributed by atoms with Crippen molar-refractivity contribution in [3.05, 3.63) is 107 Å². The van der Waals surface area contributed by atoms with E-state index in [2.05, 4.69) is 39.8 Å². The highest BCUT2D eigenvalue weighted by Gasteiger charge is 2.47. The number of ether oxygens (including phenoxy) is 4. The molecule has 102 heavy (non-hydrogen) atoms. The van der Waals surface area contributed by atoms with Crippen LogP contribution < -0.4 is 37.3 Å². The standard InChI is InChI=1S/2C25H30N5O8P.3C4H11NO3/c2*1-3-36-24(32)29-11-9-25(10-12-29)13-19(22-20(38-25)8-7-16(2)26-22)27-23(31)18-6-4-5-17-14-30(28-21(17)18)15-37-39(33,34)35;3*5-4(1-6,2-7)3-8/h2*4-8,14,19H,3,9-13,15H2,1-2H3,(H,27,31)(H2,33,34,35);3*6-8H,1-3,5H2/t2*19-;;;/m00.../s1. The third-order valence-electron chi connectivity index (χ3n) is 16.7. The lowest BCUT2D eigenvalue weighted by Gasteiger charge is -2.46. The molecule has 4 amide bonds. The van der Waals surface area contributed by atoms with Gasteiger partial charge in [0, 0.05) is 99.3 Å². The summed E-state index contributed by atoms with van der Waals surface area (Å²) in [5, 5.41) is 91.1. The van der Waals surface area contributed by atoms with Gasteiger partial charge in [-0.05, 0) is 64.1 Å². The summed E-state index contributed by atoms with van der Waals surface area (Å²) in [6.07, 6.45) is 5.64. The summed E-state index contributed by atoms with van der Waals surface area (Å²) in [6.45, 7) is 5.23. The van der Waals surface area contributed by atoms with E-state index in [9.17, 15) is 28.3 Å². The number of nitrogens with two attached hydrogens (primary N) is 3. The first kappa shape index (κ1) is 83.4. The highest BCUT2D eigenvalue weighted by molar-refractivity contribution is 7.46. The summed E-state index contributed by atoms with van der Waals surface area (Å²) in [7, 11) is -9.36. The summed E-state index contributed by atoms with van der Waals surface area (Å²) in [5.41, 5.74) is 14.8. The molecule has 4 aliphatic heterocycles. The Bertz CT molecular complexity index is 3560. The number of likely N-dealkylation sites (tertiary alicyclic amines) is 2. The predicted octanol–water partition coefficient (Wildman–Crippen LogP) is -0.915. The molecule has 2 fully saturated rings. The summed E-state index contributed by atoms with van der Waals surface area (Å²) < 4.78 is 56.9. The van der Waals surface area contributed by atoms with E-state index in [1.807, 2.05) is 38.1 Å². The number of aryl methyl sites for hydroxylation is 2. The van der Waals surface area contributed by atoms with Crippen LogP contribution in [-0.2, 0) is 41.1 Å². The predicted molar refractivity (Wildman–Crippen MR) is 360 cm³/mol. The zero-order valence-corrected chi connectivity index (χ0v) is 58.6. The maximum absolute atomic E-state index is 13.6. The van der Waals surface area contributed by atoms with E-state index in [1.165, 1.54) is 9.36 Å². The van der Waals surface area contributed by atoms with Crippen LogP contribution in [-0.4, -0.2) is 256 Å². The molecule has 2 aromatic carbocycles. The topological polar surface area (TPSA) is 591 Å². The number of pyridine rings is 2. The molecular formula is C62H93N13O25P2. The Hall–Kier alpha value is -7.50. The smallest absolute Gasteiger partial charge is 0.471 e. The van der Waals surface area contributed by atoms with Crippen LogP contribution in [0.25, 0.3) is 21.8 Å². The van der Waals surface area contributed by atoms with E-state index in [0.29, 0.717) is 134 Å². The summed E-state index contributed by atoms with van der Waals surface area (Å²) in [5.74, 6) is 0.446. The minimum atomic E-state index is -4.68. The number of amides is 4. The minimum Gasteiger partial charge on any atom is -0.485 e. The SMILES string of the molecule is CCOC(=O)N1CCC2(CC1)C[C@H](NC(=O)c1cccc3cn(COP(=O)(O)O)nc13)c1nc(C)ccc1O2.CCOC(=O)N1CCC2(CC1)C[C@H](NC(=O)c1cccc3cn(COP(=O)(O)O)nc13)c1nc(C)ccc1O2.NC(CO)(CO)CO.NC(CO)(CO)CO.NC(CO)(CO)CO. The number of carbonyl (C=O) groups excluding carboxylic acids is 4. The maximum Gasteiger partial charge on any atom is 0.471 e. The maximum atomic E-state index is 13.6. The highest BCUT2D eigenvalue weighted by atomic mass is 31.2.